The van der Waals surface area contributed by atoms with Crippen molar-refractivity contribution < 1.29 is 9.32 Å². The molecule has 0 saturated carbocycles. The van der Waals surface area contributed by atoms with Gasteiger partial charge in [-0.05, 0) is 38.3 Å². The van der Waals surface area contributed by atoms with E-state index in [9.17, 15) is 4.79 Å². The smallest absolute Gasteiger partial charge is 0.255 e. The summed E-state index contributed by atoms with van der Waals surface area (Å²) in [5, 5.41) is 6.51. The molecule has 2 aromatic heterocycles. The number of amides is 1. The summed E-state index contributed by atoms with van der Waals surface area (Å²) in [4.78, 5) is 23.1. The third kappa shape index (κ3) is 3.24. The standard InChI is InChI=1S/C15H19N5O2/c1-11-18-13(22-19-11)10-17-15(21)12-6-5-7-16-14(12)20-8-3-2-4-9-20/h5-7H,2-4,8-10H2,1H3,(H,17,21). The van der Waals surface area contributed by atoms with Crippen molar-refractivity contribution in [3.05, 3.63) is 35.6 Å². The number of carbonyl (C=O) groups is 1. The molecule has 22 heavy (non-hydrogen) atoms. The number of piperidine rings is 1. The van der Waals surface area contributed by atoms with E-state index in [1.165, 1.54) is 6.42 Å². The second kappa shape index (κ2) is 6.55. The van der Waals surface area contributed by atoms with Crippen LogP contribution in [0.1, 0.15) is 41.3 Å². The molecule has 1 saturated heterocycles. The van der Waals surface area contributed by atoms with Crippen LogP contribution in [0.5, 0.6) is 0 Å². The van der Waals surface area contributed by atoms with Crippen LogP contribution in [0.15, 0.2) is 22.9 Å². The van der Waals surface area contributed by atoms with Gasteiger partial charge in [-0.2, -0.15) is 4.98 Å². The molecule has 7 nitrogen and oxygen atoms in total. The molecular formula is C15H19N5O2. The lowest BCUT2D eigenvalue weighted by molar-refractivity contribution is 0.0946. The highest BCUT2D eigenvalue weighted by atomic mass is 16.5. The fourth-order valence-electron chi connectivity index (χ4n) is 2.59. The van der Waals surface area contributed by atoms with Crippen LogP contribution >= 0.6 is 0 Å². The molecule has 0 atom stereocenters. The molecule has 1 aliphatic heterocycles. The van der Waals surface area contributed by atoms with E-state index in [2.05, 4.69) is 25.3 Å². The normalized spacial score (nSPS) is 14.9. The maximum atomic E-state index is 12.4. The fourth-order valence-corrected chi connectivity index (χ4v) is 2.59. The molecule has 0 radical (unpaired) electrons. The number of hydrogen-bond acceptors (Lipinski definition) is 6. The predicted octanol–water partition coefficient (Wildman–Crippen LogP) is 1.69. The Kier molecular flexibility index (Phi) is 4.32. The van der Waals surface area contributed by atoms with Crippen molar-refractivity contribution in [2.24, 2.45) is 0 Å². The molecule has 3 heterocycles. The molecule has 116 valence electrons. The highest BCUT2D eigenvalue weighted by Crippen LogP contribution is 2.21. The van der Waals surface area contributed by atoms with Crippen LogP contribution in [-0.4, -0.2) is 34.1 Å². The zero-order valence-electron chi connectivity index (χ0n) is 12.6. The van der Waals surface area contributed by atoms with Gasteiger partial charge in [0.05, 0.1) is 12.1 Å². The second-order valence-electron chi connectivity index (χ2n) is 5.34. The molecule has 0 spiro atoms. The van der Waals surface area contributed by atoms with E-state index < -0.39 is 0 Å². The lowest BCUT2D eigenvalue weighted by atomic mass is 10.1. The van der Waals surface area contributed by atoms with Crippen LogP contribution in [0, 0.1) is 6.92 Å². The molecule has 2 aromatic rings. The van der Waals surface area contributed by atoms with Crippen molar-refractivity contribution in [1.82, 2.24) is 20.4 Å². The number of carbonyl (C=O) groups excluding carboxylic acids is 1. The predicted molar refractivity (Wildman–Crippen MR) is 80.5 cm³/mol. The molecule has 7 heteroatoms. The van der Waals surface area contributed by atoms with Crippen molar-refractivity contribution in [2.75, 3.05) is 18.0 Å². The minimum Gasteiger partial charge on any atom is -0.356 e. The van der Waals surface area contributed by atoms with Gasteiger partial charge in [-0.1, -0.05) is 5.16 Å². The van der Waals surface area contributed by atoms with Crippen LogP contribution in [0.25, 0.3) is 0 Å². The first kappa shape index (κ1) is 14.5. The summed E-state index contributed by atoms with van der Waals surface area (Å²) < 4.78 is 5.00. The van der Waals surface area contributed by atoms with Crippen LogP contribution in [0.4, 0.5) is 5.82 Å². The van der Waals surface area contributed by atoms with E-state index in [4.69, 9.17) is 4.52 Å². The Balaban J connectivity index is 1.71. The van der Waals surface area contributed by atoms with Gasteiger partial charge in [0.1, 0.15) is 5.82 Å². The molecule has 1 fully saturated rings. The number of hydrogen-bond donors (Lipinski definition) is 1. The summed E-state index contributed by atoms with van der Waals surface area (Å²) in [6, 6.07) is 3.57. The number of nitrogens with zero attached hydrogens (tertiary/aromatic N) is 4. The minimum atomic E-state index is -0.176. The summed E-state index contributed by atoms with van der Waals surface area (Å²) in [5.74, 6) is 1.53. The van der Waals surface area contributed by atoms with Gasteiger partial charge in [-0.15, -0.1) is 0 Å². The van der Waals surface area contributed by atoms with E-state index >= 15 is 0 Å². The van der Waals surface area contributed by atoms with Crippen molar-refractivity contribution in [3.8, 4) is 0 Å². The summed E-state index contributed by atoms with van der Waals surface area (Å²) in [6.45, 7) is 3.85. The van der Waals surface area contributed by atoms with E-state index in [0.29, 0.717) is 17.3 Å². The molecule has 1 aliphatic rings. The summed E-state index contributed by atoms with van der Waals surface area (Å²) in [7, 11) is 0. The Morgan fingerprint density at radius 2 is 2.18 bits per heavy atom. The number of anilines is 1. The highest BCUT2D eigenvalue weighted by molar-refractivity contribution is 5.98. The molecule has 0 aromatic carbocycles. The van der Waals surface area contributed by atoms with Gasteiger partial charge in [0.15, 0.2) is 5.82 Å². The zero-order chi connectivity index (χ0) is 15.4. The van der Waals surface area contributed by atoms with Gasteiger partial charge in [0.25, 0.3) is 5.91 Å². The molecule has 0 aliphatic carbocycles. The van der Waals surface area contributed by atoms with E-state index in [0.717, 1.165) is 31.7 Å². The largest absolute Gasteiger partial charge is 0.356 e. The van der Waals surface area contributed by atoms with Crippen molar-refractivity contribution in [2.45, 2.75) is 32.7 Å². The summed E-state index contributed by atoms with van der Waals surface area (Å²) in [6.07, 6.45) is 5.24. The summed E-state index contributed by atoms with van der Waals surface area (Å²) >= 11 is 0. The fraction of sp³-hybridized carbons (Fsp3) is 0.467. The van der Waals surface area contributed by atoms with Gasteiger partial charge in [-0.25, -0.2) is 4.98 Å². The average Bonchev–Trinajstić information content (AvgIpc) is 2.99. The third-order valence-corrected chi connectivity index (χ3v) is 3.66. The summed E-state index contributed by atoms with van der Waals surface area (Å²) in [5.41, 5.74) is 0.584. The third-order valence-electron chi connectivity index (χ3n) is 3.66. The van der Waals surface area contributed by atoms with Crippen molar-refractivity contribution >= 4 is 11.7 Å². The molecule has 0 bridgehead atoms. The van der Waals surface area contributed by atoms with Gasteiger partial charge in [0.2, 0.25) is 5.89 Å². The van der Waals surface area contributed by atoms with Crippen LogP contribution in [-0.2, 0) is 6.54 Å². The number of aryl methyl sites for hydroxylation is 1. The lowest BCUT2D eigenvalue weighted by Gasteiger charge is -2.29. The minimum absolute atomic E-state index is 0.176. The van der Waals surface area contributed by atoms with E-state index in [-0.39, 0.29) is 12.5 Å². The lowest BCUT2D eigenvalue weighted by Crippen LogP contribution is -2.33. The number of aromatic nitrogens is 3. The van der Waals surface area contributed by atoms with Gasteiger partial charge in [0, 0.05) is 19.3 Å². The number of pyridine rings is 1. The van der Waals surface area contributed by atoms with Crippen LogP contribution in [0.3, 0.4) is 0 Å². The molecule has 1 N–H and O–H groups in total. The van der Waals surface area contributed by atoms with Gasteiger partial charge >= 0.3 is 0 Å². The average molecular weight is 301 g/mol. The van der Waals surface area contributed by atoms with Crippen molar-refractivity contribution in [3.63, 3.8) is 0 Å². The first-order valence-corrected chi connectivity index (χ1v) is 7.51. The zero-order valence-corrected chi connectivity index (χ0v) is 12.6. The topological polar surface area (TPSA) is 84.2 Å². The Labute approximate surface area is 128 Å². The SMILES string of the molecule is Cc1noc(CNC(=O)c2cccnc2N2CCCCC2)n1. The van der Waals surface area contributed by atoms with E-state index in [1.54, 1.807) is 25.3 Å². The maximum Gasteiger partial charge on any atom is 0.255 e. The monoisotopic (exact) mass is 301 g/mol. The number of rotatable bonds is 4. The van der Waals surface area contributed by atoms with Crippen LogP contribution < -0.4 is 10.2 Å². The quantitative estimate of drug-likeness (QED) is 0.925. The van der Waals surface area contributed by atoms with Gasteiger partial charge in [-0.3, -0.25) is 4.79 Å². The van der Waals surface area contributed by atoms with E-state index in [1.807, 2.05) is 0 Å². The maximum absolute atomic E-state index is 12.4. The Morgan fingerprint density at radius 3 is 2.91 bits per heavy atom. The Morgan fingerprint density at radius 1 is 1.36 bits per heavy atom. The molecule has 3 rings (SSSR count). The Hall–Kier alpha value is -2.44. The highest BCUT2D eigenvalue weighted by Gasteiger charge is 2.19. The molecule has 0 unspecified atom stereocenters. The first-order valence-electron chi connectivity index (χ1n) is 7.51. The van der Waals surface area contributed by atoms with Gasteiger partial charge < -0.3 is 14.7 Å². The number of nitrogens with one attached hydrogen (secondary N) is 1. The Bertz CT molecular complexity index is 649. The van der Waals surface area contributed by atoms with Crippen molar-refractivity contribution in [1.29, 1.82) is 0 Å². The molecule has 1 amide bonds. The van der Waals surface area contributed by atoms with Crippen LogP contribution in [0.2, 0.25) is 0 Å². The first-order chi connectivity index (χ1) is 10.7. The second-order valence-corrected chi connectivity index (χ2v) is 5.34. The molecular weight excluding hydrogens is 282 g/mol.